The maximum Gasteiger partial charge on any atom is 0.0552 e. The summed E-state index contributed by atoms with van der Waals surface area (Å²) < 4.78 is -0.0185. The van der Waals surface area contributed by atoms with Crippen LogP contribution in [0.25, 0.3) is 0 Å². The minimum atomic E-state index is -0.0185. The predicted molar refractivity (Wildman–Crippen MR) is 101 cm³/mol. The van der Waals surface area contributed by atoms with Gasteiger partial charge in [0.1, 0.15) is 0 Å². The summed E-state index contributed by atoms with van der Waals surface area (Å²) in [6, 6.07) is 0. The van der Waals surface area contributed by atoms with E-state index in [2.05, 4.69) is 13.8 Å². The Kier molecular flexibility index (Phi) is 15.1. The van der Waals surface area contributed by atoms with Crippen LogP contribution < -0.4 is 0 Å². The van der Waals surface area contributed by atoms with Crippen LogP contribution in [0.2, 0.25) is 0 Å². The first-order valence-electron chi connectivity index (χ1n) is 9.07. The monoisotopic (exact) mass is 318 g/mol. The zero-order valence-electron chi connectivity index (χ0n) is 14.0. The van der Waals surface area contributed by atoms with E-state index >= 15 is 0 Å². The lowest BCUT2D eigenvalue weighted by atomic mass is 10.0. The Morgan fingerprint density at radius 1 is 0.500 bits per heavy atom. The smallest absolute Gasteiger partial charge is 0.0552 e. The summed E-state index contributed by atoms with van der Waals surface area (Å²) >= 11 is 9.43. The summed E-state index contributed by atoms with van der Waals surface area (Å²) in [6.45, 7) is 4.53. The van der Waals surface area contributed by atoms with Crippen LogP contribution in [0.4, 0.5) is 0 Å². The summed E-state index contributed by atoms with van der Waals surface area (Å²) in [6.07, 6.45) is 20.2. The highest BCUT2D eigenvalue weighted by Crippen LogP contribution is 2.32. The number of rotatable bonds is 15. The molecule has 0 amide bonds. The number of hydrogen-bond donors (Lipinski definition) is 2. The predicted octanol–water partition coefficient (Wildman–Crippen LogP) is 7.43. The minimum absolute atomic E-state index is 0.0185. The summed E-state index contributed by atoms with van der Waals surface area (Å²) in [5.41, 5.74) is 0. The molecule has 0 aromatic carbocycles. The SMILES string of the molecule is CCCCCCCCCCCCC(S)(S)CCCCC. The van der Waals surface area contributed by atoms with Gasteiger partial charge in [0.25, 0.3) is 0 Å². The quantitative estimate of drug-likeness (QED) is 0.175. The molecule has 2 heteroatoms. The van der Waals surface area contributed by atoms with Gasteiger partial charge in [0.15, 0.2) is 0 Å². The lowest BCUT2D eigenvalue weighted by molar-refractivity contribution is 0.527. The zero-order chi connectivity index (χ0) is 15.1. The molecule has 0 unspecified atom stereocenters. The molecule has 0 aromatic rings. The highest BCUT2D eigenvalue weighted by molar-refractivity contribution is 8.00. The van der Waals surface area contributed by atoms with Gasteiger partial charge >= 0.3 is 0 Å². The molecule has 0 bridgehead atoms. The average molecular weight is 319 g/mol. The van der Waals surface area contributed by atoms with Gasteiger partial charge in [-0.3, -0.25) is 0 Å². The molecule has 0 aliphatic carbocycles. The van der Waals surface area contributed by atoms with Gasteiger partial charge in [-0.2, -0.15) is 25.3 Å². The van der Waals surface area contributed by atoms with Crippen molar-refractivity contribution in [3.63, 3.8) is 0 Å². The maximum atomic E-state index is 4.71. The van der Waals surface area contributed by atoms with Crippen LogP contribution in [-0.4, -0.2) is 4.08 Å². The minimum Gasteiger partial charge on any atom is -0.162 e. The fourth-order valence-electron chi connectivity index (χ4n) is 2.68. The van der Waals surface area contributed by atoms with E-state index in [0.29, 0.717) is 0 Å². The van der Waals surface area contributed by atoms with Crippen molar-refractivity contribution in [2.24, 2.45) is 0 Å². The van der Waals surface area contributed by atoms with Gasteiger partial charge < -0.3 is 0 Å². The average Bonchev–Trinajstić information content (AvgIpc) is 2.41. The molecule has 0 radical (unpaired) electrons. The number of unbranched alkanes of at least 4 members (excludes halogenated alkanes) is 11. The third-order valence-corrected chi connectivity index (χ3v) is 5.01. The largest absolute Gasteiger partial charge is 0.162 e. The molecule has 0 atom stereocenters. The molecule has 0 nitrogen and oxygen atoms in total. The Morgan fingerprint density at radius 3 is 1.25 bits per heavy atom. The van der Waals surface area contributed by atoms with Crippen LogP contribution in [0.15, 0.2) is 0 Å². The Balaban J connectivity index is 3.25. The van der Waals surface area contributed by atoms with Crippen molar-refractivity contribution in [1.82, 2.24) is 0 Å². The first kappa shape index (κ1) is 20.7. The van der Waals surface area contributed by atoms with E-state index in [1.54, 1.807) is 0 Å². The molecule has 0 saturated heterocycles. The van der Waals surface area contributed by atoms with E-state index in [9.17, 15) is 0 Å². The highest BCUT2D eigenvalue weighted by Gasteiger charge is 2.18. The van der Waals surface area contributed by atoms with E-state index in [0.717, 1.165) is 6.42 Å². The molecule has 0 fully saturated rings. The van der Waals surface area contributed by atoms with Gasteiger partial charge in [-0.1, -0.05) is 97.3 Å². The Morgan fingerprint density at radius 2 is 0.800 bits per heavy atom. The molecule has 0 heterocycles. The van der Waals surface area contributed by atoms with E-state index in [-0.39, 0.29) is 4.08 Å². The third kappa shape index (κ3) is 15.1. The molecule has 0 aliphatic heterocycles. The lowest BCUT2D eigenvalue weighted by Gasteiger charge is -2.22. The van der Waals surface area contributed by atoms with Crippen LogP contribution >= 0.6 is 25.3 Å². The van der Waals surface area contributed by atoms with Gasteiger partial charge in [-0.25, -0.2) is 0 Å². The fourth-order valence-corrected chi connectivity index (χ4v) is 3.31. The summed E-state index contributed by atoms with van der Waals surface area (Å²) in [4.78, 5) is 0. The van der Waals surface area contributed by atoms with Gasteiger partial charge in [0.2, 0.25) is 0 Å². The second-order valence-corrected chi connectivity index (χ2v) is 8.44. The zero-order valence-corrected chi connectivity index (χ0v) is 15.8. The molecular formula is C18H38S2. The topological polar surface area (TPSA) is 0 Å². The van der Waals surface area contributed by atoms with Crippen LogP contribution in [0.3, 0.4) is 0 Å². The number of hydrogen-bond acceptors (Lipinski definition) is 2. The molecule has 0 spiro atoms. The molecule has 0 rings (SSSR count). The maximum absolute atomic E-state index is 4.71. The second-order valence-electron chi connectivity index (χ2n) is 6.37. The standard InChI is InChI=1S/C18H38S2/c1-3-5-7-8-9-10-11-12-13-15-17-18(19,20)16-14-6-4-2/h19-20H,3-17H2,1-2H3. The Hall–Kier alpha value is 0.700. The first-order chi connectivity index (χ1) is 9.62. The molecule has 0 N–H and O–H groups in total. The van der Waals surface area contributed by atoms with Gasteiger partial charge in [-0.05, 0) is 12.8 Å². The van der Waals surface area contributed by atoms with Crippen LogP contribution in [-0.2, 0) is 0 Å². The van der Waals surface area contributed by atoms with Crippen molar-refractivity contribution in [2.75, 3.05) is 0 Å². The van der Waals surface area contributed by atoms with Crippen molar-refractivity contribution < 1.29 is 0 Å². The van der Waals surface area contributed by atoms with Gasteiger partial charge in [-0.15, -0.1) is 0 Å². The highest BCUT2D eigenvalue weighted by atomic mass is 32.2. The van der Waals surface area contributed by atoms with E-state index in [1.165, 1.54) is 89.9 Å². The van der Waals surface area contributed by atoms with Crippen LogP contribution in [0.1, 0.15) is 110 Å². The first-order valence-corrected chi connectivity index (χ1v) is 9.96. The van der Waals surface area contributed by atoms with Gasteiger partial charge in [0.05, 0.1) is 4.08 Å². The Labute approximate surface area is 139 Å². The molecule has 0 aliphatic rings. The molecule has 20 heavy (non-hydrogen) atoms. The third-order valence-electron chi connectivity index (χ3n) is 4.11. The van der Waals surface area contributed by atoms with Crippen molar-refractivity contribution in [1.29, 1.82) is 0 Å². The molecule has 122 valence electrons. The molecular weight excluding hydrogens is 280 g/mol. The van der Waals surface area contributed by atoms with Crippen LogP contribution in [0, 0.1) is 0 Å². The number of thiol groups is 2. The fraction of sp³-hybridized carbons (Fsp3) is 1.00. The van der Waals surface area contributed by atoms with E-state index < -0.39 is 0 Å². The lowest BCUT2D eigenvalue weighted by Crippen LogP contribution is -2.12. The van der Waals surface area contributed by atoms with Crippen molar-refractivity contribution in [3.05, 3.63) is 0 Å². The van der Waals surface area contributed by atoms with Crippen molar-refractivity contribution in [2.45, 2.75) is 114 Å². The van der Waals surface area contributed by atoms with E-state index in [4.69, 9.17) is 25.3 Å². The van der Waals surface area contributed by atoms with Crippen molar-refractivity contribution >= 4 is 25.3 Å². The van der Waals surface area contributed by atoms with Gasteiger partial charge in [0, 0.05) is 0 Å². The Bertz CT molecular complexity index is 190. The summed E-state index contributed by atoms with van der Waals surface area (Å²) in [5.74, 6) is 0. The second kappa shape index (κ2) is 14.6. The van der Waals surface area contributed by atoms with Crippen molar-refractivity contribution in [3.8, 4) is 0 Å². The summed E-state index contributed by atoms with van der Waals surface area (Å²) in [7, 11) is 0. The van der Waals surface area contributed by atoms with E-state index in [1.807, 2.05) is 0 Å². The molecule has 0 aromatic heterocycles. The normalized spacial score (nSPS) is 12.0. The van der Waals surface area contributed by atoms with Crippen LogP contribution in [0.5, 0.6) is 0 Å². The summed E-state index contributed by atoms with van der Waals surface area (Å²) in [5, 5.41) is 0. The molecule has 0 saturated carbocycles.